The average Bonchev–Trinajstić information content (AvgIpc) is 3.33. The van der Waals surface area contributed by atoms with Crippen LogP contribution in [0.1, 0.15) is 16.1 Å². The lowest BCUT2D eigenvalue weighted by molar-refractivity contribution is -0.118. The molecule has 3 aromatic rings. The van der Waals surface area contributed by atoms with E-state index in [2.05, 4.69) is 15.3 Å². The number of carbonyl (C=O) groups excluding carboxylic acids is 2. The van der Waals surface area contributed by atoms with Crippen molar-refractivity contribution >= 4 is 52.0 Å². The van der Waals surface area contributed by atoms with Crippen LogP contribution in [0.2, 0.25) is 10.0 Å². The van der Waals surface area contributed by atoms with E-state index in [4.69, 9.17) is 23.2 Å². The summed E-state index contributed by atoms with van der Waals surface area (Å²) in [4.78, 5) is 35.6. The second-order valence-corrected chi connectivity index (χ2v) is 8.01. The first-order valence-electron chi connectivity index (χ1n) is 8.46. The summed E-state index contributed by atoms with van der Waals surface area (Å²) in [5.41, 5.74) is 1.55. The van der Waals surface area contributed by atoms with E-state index in [9.17, 15) is 9.59 Å². The van der Waals surface area contributed by atoms with Crippen molar-refractivity contribution in [2.75, 3.05) is 11.4 Å². The quantitative estimate of drug-likeness (QED) is 0.674. The molecule has 1 N–H and O–H groups in total. The van der Waals surface area contributed by atoms with Crippen LogP contribution in [0.25, 0.3) is 10.6 Å². The zero-order chi connectivity index (χ0) is 19.7. The zero-order valence-electron chi connectivity index (χ0n) is 14.4. The fourth-order valence-corrected chi connectivity index (χ4v) is 4.08. The number of halogens is 2. The number of thiazole rings is 1. The maximum Gasteiger partial charge on any atom is 0.263 e. The maximum absolute atomic E-state index is 12.7. The minimum absolute atomic E-state index is 0.175. The molecule has 1 aromatic carbocycles. The SMILES string of the molecule is O=C(NC1CCN(c2ccc(Cl)c(Cl)c2)C1=O)c1cnc(-c2ccncc2)s1. The van der Waals surface area contributed by atoms with Crippen molar-refractivity contribution in [3.63, 3.8) is 0 Å². The highest BCUT2D eigenvalue weighted by atomic mass is 35.5. The molecule has 1 unspecified atom stereocenters. The van der Waals surface area contributed by atoms with Gasteiger partial charge in [0.2, 0.25) is 5.91 Å². The number of anilines is 1. The van der Waals surface area contributed by atoms with Gasteiger partial charge >= 0.3 is 0 Å². The molecule has 0 spiro atoms. The van der Waals surface area contributed by atoms with E-state index in [1.807, 2.05) is 12.1 Å². The van der Waals surface area contributed by atoms with Gasteiger partial charge in [-0.15, -0.1) is 11.3 Å². The van der Waals surface area contributed by atoms with Gasteiger partial charge in [0.1, 0.15) is 15.9 Å². The van der Waals surface area contributed by atoms with Gasteiger partial charge in [-0.3, -0.25) is 14.6 Å². The van der Waals surface area contributed by atoms with Crippen LogP contribution in [-0.4, -0.2) is 34.4 Å². The minimum Gasteiger partial charge on any atom is -0.339 e. The monoisotopic (exact) mass is 432 g/mol. The van der Waals surface area contributed by atoms with Gasteiger partial charge in [-0.1, -0.05) is 23.2 Å². The number of nitrogens with zero attached hydrogens (tertiary/aromatic N) is 3. The van der Waals surface area contributed by atoms with Gasteiger partial charge in [-0.25, -0.2) is 4.98 Å². The molecule has 2 aromatic heterocycles. The molecule has 2 amide bonds. The number of rotatable bonds is 4. The molecule has 3 heterocycles. The molecule has 0 saturated carbocycles. The Morgan fingerprint density at radius 2 is 1.96 bits per heavy atom. The highest BCUT2D eigenvalue weighted by Gasteiger charge is 2.34. The molecular formula is C19H14Cl2N4O2S. The molecule has 1 aliphatic rings. The molecule has 1 atom stereocenters. The van der Waals surface area contributed by atoms with E-state index >= 15 is 0 Å². The third-order valence-corrected chi connectivity index (χ3v) is 6.17. The van der Waals surface area contributed by atoms with Crippen molar-refractivity contribution in [3.8, 4) is 10.6 Å². The van der Waals surface area contributed by atoms with Gasteiger partial charge in [0.25, 0.3) is 5.91 Å². The third-order valence-electron chi connectivity index (χ3n) is 4.38. The molecule has 0 radical (unpaired) electrons. The lowest BCUT2D eigenvalue weighted by Gasteiger charge is -2.17. The van der Waals surface area contributed by atoms with E-state index in [1.165, 1.54) is 17.5 Å². The number of aromatic nitrogens is 2. The molecule has 142 valence electrons. The lowest BCUT2D eigenvalue weighted by Crippen LogP contribution is -2.41. The minimum atomic E-state index is -0.589. The maximum atomic E-state index is 12.7. The van der Waals surface area contributed by atoms with Crippen LogP contribution in [0, 0.1) is 0 Å². The van der Waals surface area contributed by atoms with Crippen LogP contribution in [0.4, 0.5) is 5.69 Å². The summed E-state index contributed by atoms with van der Waals surface area (Å²) >= 11 is 13.3. The Kier molecular flexibility index (Phi) is 5.30. The van der Waals surface area contributed by atoms with Crippen LogP contribution in [0.5, 0.6) is 0 Å². The normalized spacial score (nSPS) is 16.4. The van der Waals surface area contributed by atoms with Crippen LogP contribution in [-0.2, 0) is 4.79 Å². The summed E-state index contributed by atoms with van der Waals surface area (Å²) in [7, 11) is 0. The Bertz CT molecular complexity index is 1040. The van der Waals surface area contributed by atoms with E-state index in [1.54, 1.807) is 35.5 Å². The molecule has 1 fully saturated rings. The zero-order valence-corrected chi connectivity index (χ0v) is 16.8. The number of pyridine rings is 1. The summed E-state index contributed by atoms with van der Waals surface area (Å²) < 4.78 is 0. The summed E-state index contributed by atoms with van der Waals surface area (Å²) in [6.07, 6.45) is 5.38. The summed E-state index contributed by atoms with van der Waals surface area (Å²) in [5, 5.41) is 4.34. The van der Waals surface area contributed by atoms with Gasteiger partial charge < -0.3 is 10.2 Å². The molecule has 0 bridgehead atoms. The fourth-order valence-electron chi connectivity index (χ4n) is 2.96. The van der Waals surface area contributed by atoms with Gasteiger partial charge in [-0.05, 0) is 36.8 Å². The topological polar surface area (TPSA) is 75.2 Å². The largest absolute Gasteiger partial charge is 0.339 e. The number of hydrogen-bond donors (Lipinski definition) is 1. The van der Waals surface area contributed by atoms with Crippen molar-refractivity contribution in [2.24, 2.45) is 0 Å². The van der Waals surface area contributed by atoms with Crippen molar-refractivity contribution in [2.45, 2.75) is 12.5 Å². The Labute approximate surface area is 175 Å². The highest BCUT2D eigenvalue weighted by molar-refractivity contribution is 7.16. The molecule has 4 rings (SSSR count). The molecule has 0 aliphatic carbocycles. The van der Waals surface area contributed by atoms with E-state index < -0.39 is 6.04 Å². The number of hydrogen-bond acceptors (Lipinski definition) is 5. The summed E-state index contributed by atoms with van der Waals surface area (Å²) in [6, 6.07) is 8.10. The molecule has 9 heteroatoms. The molecule has 1 aliphatic heterocycles. The molecule has 6 nitrogen and oxygen atoms in total. The Hall–Kier alpha value is -2.48. The first-order chi connectivity index (χ1) is 13.5. The third kappa shape index (κ3) is 3.73. The van der Waals surface area contributed by atoms with E-state index in [0.717, 1.165) is 10.6 Å². The Morgan fingerprint density at radius 3 is 2.71 bits per heavy atom. The molecular weight excluding hydrogens is 419 g/mol. The van der Waals surface area contributed by atoms with Gasteiger partial charge in [0.05, 0.1) is 16.2 Å². The van der Waals surface area contributed by atoms with Gasteiger partial charge in [0, 0.05) is 30.2 Å². The Balaban J connectivity index is 1.45. The first kappa shape index (κ1) is 18.9. The fraction of sp³-hybridized carbons (Fsp3) is 0.158. The van der Waals surface area contributed by atoms with Crippen LogP contribution in [0.3, 0.4) is 0 Å². The lowest BCUT2D eigenvalue weighted by atomic mass is 10.2. The number of amides is 2. The van der Waals surface area contributed by atoms with Crippen molar-refractivity contribution in [3.05, 3.63) is 63.8 Å². The standard InChI is InChI=1S/C19H14Cl2N4O2S/c20-13-2-1-12(9-14(13)21)25-8-5-15(19(25)27)24-17(26)16-10-23-18(28-16)11-3-6-22-7-4-11/h1-4,6-7,9-10,15H,5,8H2,(H,24,26). The van der Waals surface area contributed by atoms with E-state index in [0.29, 0.717) is 33.6 Å². The predicted octanol–water partition coefficient (Wildman–Crippen LogP) is 4.05. The smallest absolute Gasteiger partial charge is 0.263 e. The summed E-state index contributed by atoms with van der Waals surface area (Å²) in [6.45, 7) is 0.493. The van der Waals surface area contributed by atoms with Crippen molar-refractivity contribution in [1.82, 2.24) is 15.3 Å². The Morgan fingerprint density at radius 1 is 1.18 bits per heavy atom. The second kappa shape index (κ2) is 7.87. The number of nitrogens with one attached hydrogen (secondary N) is 1. The van der Waals surface area contributed by atoms with Crippen LogP contribution < -0.4 is 10.2 Å². The van der Waals surface area contributed by atoms with Crippen molar-refractivity contribution < 1.29 is 9.59 Å². The molecule has 28 heavy (non-hydrogen) atoms. The van der Waals surface area contributed by atoms with Crippen molar-refractivity contribution in [1.29, 1.82) is 0 Å². The van der Waals surface area contributed by atoms with Gasteiger partial charge in [0.15, 0.2) is 0 Å². The summed E-state index contributed by atoms with van der Waals surface area (Å²) in [5.74, 6) is -0.488. The number of carbonyl (C=O) groups is 2. The number of benzene rings is 1. The second-order valence-electron chi connectivity index (χ2n) is 6.17. The molecule has 1 saturated heterocycles. The average molecular weight is 433 g/mol. The van der Waals surface area contributed by atoms with Crippen LogP contribution >= 0.6 is 34.5 Å². The van der Waals surface area contributed by atoms with Gasteiger partial charge in [-0.2, -0.15) is 0 Å². The van der Waals surface area contributed by atoms with E-state index in [-0.39, 0.29) is 11.8 Å². The predicted molar refractivity (Wildman–Crippen MR) is 110 cm³/mol. The highest BCUT2D eigenvalue weighted by Crippen LogP contribution is 2.30. The van der Waals surface area contributed by atoms with Crippen LogP contribution in [0.15, 0.2) is 48.9 Å². The first-order valence-corrected chi connectivity index (χ1v) is 10.0.